The molecule has 0 saturated heterocycles. The van der Waals surface area contributed by atoms with Crippen LogP contribution in [0.15, 0.2) is 72.5 Å². The molecule has 2 aromatic carbocycles. The van der Waals surface area contributed by atoms with Crippen molar-refractivity contribution >= 4 is 22.4 Å². The fraction of sp³-hybridized carbons (Fsp3) is 0.208. The number of benzene rings is 2. The van der Waals surface area contributed by atoms with Crippen molar-refractivity contribution in [2.24, 2.45) is 12.5 Å². The first-order valence-electron chi connectivity index (χ1n) is 9.92. The standard InChI is InChI=1S/C24H22N4OS/c1-24(22(29)27-23-25-10-11-30-23)13-18-9-8-17(19-14-26-28(2)15-19)12-20(18)21(24)16-6-4-3-5-7-16/h3-12,14-15,21H,13H2,1-2H3,(H,25,27,29). The number of carbonyl (C=O) groups is 1. The van der Waals surface area contributed by atoms with E-state index in [1.807, 2.05) is 47.7 Å². The van der Waals surface area contributed by atoms with Crippen LogP contribution in [0, 0.1) is 5.41 Å². The Morgan fingerprint density at radius 2 is 2.03 bits per heavy atom. The van der Waals surface area contributed by atoms with Crippen molar-refractivity contribution in [3.8, 4) is 11.1 Å². The molecule has 5 nitrogen and oxygen atoms in total. The number of aromatic nitrogens is 3. The lowest BCUT2D eigenvalue weighted by molar-refractivity contribution is -0.125. The molecule has 2 aromatic heterocycles. The summed E-state index contributed by atoms with van der Waals surface area (Å²) in [5.74, 6) is -0.0317. The molecule has 0 fully saturated rings. The highest BCUT2D eigenvalue weighted by atomic mass is 32.1. The Balaban J connectivity index is 1.60. The van der Waals surface area contributed by atoms with E-state index in [0.29, 0.717) is 11.6 Å². The largest absolute Gasteiger partial charge is 0.301 e. The first kappa shape index (κ1) is 18.8. The normalized spacial score (nSPS) is 20.1. The molecule has 1 N–H and O–H groups in total. The van der Waals surface area contributed by atoms with Gasteiger partial charge >= 0.3 is 0 Å². The van der Waals surface area contributed by atoms with Crippen LogP contribution in [0.3, 0.4) is 0 Å². The van der Waals surface area contributed by atoms with Crippen LogP contribution in [0.1, 0.15) is 29.5 Å². The third-order valence-electron chi connectivity index (χ3n) is 5.99. The fourth-order valence-electron chi connectivity index (χ4n) is 4.54. The van der Waals surface area contributed by atoms with Crippen LogP contribution in [0.4, 0.5) is 5.13 Å². The van der Waals surface area contributed by atoms with Gasteiger partial charge in [0.15, 0.2) is 5.13 Å². The van der Waals surface area contributed by atoms with E-state index in [1.54, 1.807) is 6.20 Å². The van der Waals surface area contributed by atoms with Crippen LogP contribution >= 0.6 is 11.3 Å². The Bertz CT molecular complexity index is 1200. The molecule has 0 radical (unpaired) electrons. The summed E-state index contributed by atoms with van der Waals surface area (Å²) in [5, 5.41) is 9.86. The molecule has 1 aliphatic rings. The van der Waals surface area contributed by atoms with E-state index in [2.05, 4.69) is 52.7 Å². The molecule has 6 heteroatoms. The van der Waals surface area contributed by atoms with Crippen LogP contribution in [0.2, 0.25) is 0 Å². The molecule has 4 aromatic rings. The van der Waals surface area contributed by atoms with Crippen molar-refractivity contribution in [3.63, 3.8) is 0 Å². The number of thiazole rings is 1. The van der Waals surface area contributed by atoms with Gasteiger partial charge < -0.3 is 5.32 Å². The predicted molar refractivity (Wildman–Crippen MR) is 119 cm³/mol. The fourth-order valence-corrected chi connectivity index (χ4v) is 5.07. The van der Waals surface area contributed by atoms with E-state index in [4.69, 9.17) is 0 Å². The molecule has 1 aliphatic carbocycles. The van der Waals surface area contributed by atoms with Crippen molar-refractivity contribution in [2.75, 3.05) is 5.32 Å². The second-order valence-corrected chi connectivity index (χ2v) is 8.94. The molecule has 150 valence electrons. The number of hydrogen-bond donors (Lipinski definition) is 1. The van der Waals surface area contributed by atoms with Crippen molar-refractivity contribution in [1.29, 1.82) is 0 Å². The number of nitrogens with zero attached hydrogens (tertiary/aromatic N) is 3. The second kappa shape index (κ2) is 7.22. The van der Waals surface area contributed by atoms with Crippen LogP contribution in [0.5, 0.6) is 0 Å². The van der Waals surface area contributed by atoms with Gasteiger partial charge in [-0.05, 0) is 35.6 Å². The van der Waals surface area contributed by atoms with Gasteiger partial charge in [0.25, 0.3) is 0 Å². The summed E-state index contributed by atoms with van der Waals surface area (Å²) >= 11 is 1.44. The van der Waals surface area contributed by atoms with Gasteiger partial charge in [-0.2, -0.15) is 5.10 Å². The maximum absolute atomic E-state index is 13.5. The number of fused-ring (bicyclic) bond motifs is 1. The van der Waals surface area contributed by atoms with Gasteiger partial charge in [-0.1, -0.05) is 48.5 Å². The number of rotatable bonds is 4. The van der Waals surface area contributed by atoms with Gasteiger partial charge in [-0.25, -0.2) is 4.98 Å². The quantitative estimate of drug-likeness (QED) is 0.518. The highest BCUT2D eigenvalue weighted by Crippen LogP contribution is 2.52. The van der Waals surface area contributed by atoms with Crippen LogP contribution < -0.4 is 5.32 Å². The monoisotopic (exact) mass is 414 g/mol. The Kier molecular flexibility index (Phi) is 4.51. The van der Waals surface area contributed by atoms with Crippen LogP contribution in [0.25, 0.3) is 11.1 Å². The predicted octanol–water partition coefficient (Wildman–Crippen LogP) is 4.88. The van der Waals surface area contributed by atoms with Crippen LogP contribution in [-0.2, 0) is 18.3 Å². The summed E-state index contributed by atoms with van der Waals surface area (Å²) < 4.78 is 1.81. The topological polar surface area (TPSA) is 59.8 Å². The van der Waals surface area contributed by atoms with Gasteiger partial charge in [0.1, 0.15) is 0 Å². The second-order valence-electron chi connectivity index (χ2n) is 8.05. The highest BCUT2D eigenvalue weighted by molar-refractivity contribution is 7.13. The molecular weight excluding hydrogens is 392 g/mol. The minimum Gasteiger partial charge on any atom is -0.301 e. The van der Waals surface area contributed by atoms with E-state index >= 15 is 0 Å². The van der Waals surface area contributed by atoms with Crippen molar-refractivity contribution in [1.82, 2.24) is 14.8 Å². The first-order chi connectivity index (χ1) is 14.5. The Labute approximate surface area is 179 Å². The summed E-state index contributed by atoms with van der Waals surface area (Å²) in [5.41, 5.74) is 5.16. The van der Waals surface area contributed by atoms with Gasteiger partial charge in [0.05, 0.1) is 11.6 Å². The summed E-state index contributed by atoms with van der Waals surface area (Å²) in [7, 11) is 1.92. The number of carbonyl (C=O) groups excluding carboxylic acids is 1. The Morgan fingerprint density at radius 1 is 1.20 bits per heavy atom. The zero-order valence-electron chi connectivity index (χ0n) is 16.9. The van der Waals surface area contributed by atoms with Gasteiger partial charge in [0, 0.05) is 36.3 Å². The Hall–Kier alpha value is -3.25. The minimum absolute atomic E-state index is 0.00503. The molecular formula is C24H22N4OS. The molecule has 0 spiro atoms. The van der Waals surface area contributed by atoms with Crippen molar-refractivity contribution < 1.29 is 4.79 Å². The number of amides is 1. The average molecular weight is 415 g/mol. The Morgan fingerprint density at radius 3 is 2.73 bits per heavy atom. The molecule has 1 amide bonds. The van der Waals surface area contributed by atoms with E-state index in [0.717, 1.165) is 16.7 Å². The molecule has 30 heavy (non-hydrogen) atoms. The maximum Gasteiger partial charge on any atom is 0.233 e. The van der Waals surface area contributed by atoms with Crippen molar-refractivity contribution in [2.45, 2.75) is 19.3 Å². The molecule has 0 bridgehead atoms. The lowest BCUT2D eigenvalue weighted by atomic mass is 9.73. The minimum atomic E-state index is -0.608. The van der Waals surface area contributed by atoms with E-state index in [9.17, 15) is 4.79 Å². The molecule has 2 unspecified atom stereocenters. The zero-order chi connectivity index (χ0) is 20.7. The summed E-state index contributed by atoms with van der Waals surface area (Å²) in [6, 6.07) is 16.8. The average Bonchev–Trinajstić information content (AvgIpc) is 3.47. The number of hydrogen-bond acceptors (Lipinski definition) is 4. The molecule has 5 rings (SSSR count). The zero-order valence-corrected chi connectivity index (χ0v) is 17.7. The number of nitrogens with one attached hydrogen (secondary N) is 1. The summed E-state index contributed by atoms with van der Waals surface area (Å²) in [6.07, 6.45) is 6.29. The van der Waals surface area contributed by atoms with E-state index in [1.165, 1.54) is 22.5 Å². The third kappa shape index (κ3) is 3.13. The van der Waals surface area contributed by atoms with Gasteiger partial charge in [0.2, 0.25) is 5.91 Å². The molecule has 0 aliphatic heterocycles. The summed E-state index contributed by atoms with van der Waals surface area (Å²) in [6.45, 7) is 2.07. The lowest BCUT2D eigenvalue weighted by Crippen LogP contribution is -2.37. The SMILES string of the molecule is Cn1cc(-c2ccc3c(c2)C(c2ccccc2)C(C)(C(=O)Nc2nccs2)C3)cn1. The van der Waals surface area contributed by atoms with E-state index in [-0.39, 0.29) is 11.8 Å². The van der Waals surface area contributed by atoms with Gasteiger partial charge in [-0.3, -0.25) is 9.48 Å². The lowest BCUT2D eigenvalue weighted by Gasteiger charge is -2.31. The van der Waals surface area contributed by atoms with Crippen molar-refractivity contribution in [3.05, 3.63) is 89.2 Å². The maximum atomic E-state index is 13.5. The highest BCUT2D eigenvalue weighted by Gasteiger charge is 2.49. The molecule has 2 atom stereocenters. The van der Waals surface area contributed by atoms with Crippen LogP contribution in [-0.4, -0.2) is 20.7 Å². The molecule has 2 heterocycles. The number of aryl methyl sites for hydroxylation is 1. The smallest absolute Gasteiger partial charge is 0.233 e. The molecule has 0 saturated carbocycles. The van der Waals surface area contributed by atoms with E-state index < -0.39 is 5.41 Å². The summed E-state index contributed by atoms with van der Waals surface area (Å²) in [4.78, 5) is 17.7. The number of anilines is 1. The third-order valence-corrected chi connectivity index (χ3v) is 6.68. The first-order valence-corrected chi connectivity index (χ1v) is 10.8. The van der Waals surface area contributed by atoms with Gasteiger partial charge in [-0.15, -0.1) is 11.3 Å².